The van der Waals surface area contributed by atoms with Gasteiger partial charge < -0.3 is 8.83 Å². The number of fused-ring (bicyclic) bond motifs is 6. The average Bonchev–Trinajstić information content (AvgIpc) is 3.47. The van der Waals surface area contributed by atoms with Gasteiger partial charge in [-0.15, -0.1) is 0 Å². The molecule has 0 spiro atoms. The largest absolute Gasteiger partial charge is 0.454 e. The lowest BCUT2D eigenvalue weighted by Gasteiger charge is -2.05. The number of rotatable bonds is 2. The van der Waals surface area contributed by atoms with Crippen LogP contribution in [0.2, 0.25) is 0 Å². The minimum Gasteiger partial charge on any atom is -0.454 e. The normalized spacial score (nSPS) is 11.6. The summed E-state index contributed by atoms with van der Waals surface area (Å²) >= 11 is 0. The second-order valence-electron chi connectivity index (χ2n) is 9.05. The predicted octanol–water partition coefficient (Wildman–Crippen LogP) is 7.90. The molecule has 36 heavy (non-hydrogen) atoms. The summed E-state index contributed by atoms with van der Waals surface area (Å²) in [5, 5.41) is 3.81. The second-order valence-corrected chi connectivity index (χ2v) is 9.05. The van der Waals surface area contributed by atoms with Gasteiger partial charge in [-0.1, -0.05) is 42.5 Å². The Morgan fingerprint density at radius 3 is 2.58 bits per heavy atom. The Morgan fingerprint density at radius 1 is 0.861 bits per heavy atom. The van der Waals surface area contributed by atoms with Gasteiger partial charge in [0.1, 0.15) is 23.8 Å². The summed E-state index contributed by atoms with van der Waals surface area (Å²) in [6, 6.07) is 24.6. The van der Waals surface area contributed by atoms with E-state index >= 15 is 0 Å². The van der Waals surface area contributed by atoms with Crippen molar-refractivity contribution in [3.05, 3.63) is 102 Å². The molecule has 3 aromatic carbocycles. The van der Waals surface area contributed by atoms with E-state index in [1.54, 1.807) is 12.3 Å². The van der Waals surface area contributed by atoms with E-state index in [-0.39, 0.29) is 0 Å². The number of aromatic nitrogens is 2. The van der Waals surface area contributed by atoms with E-state index in [9.17, 15) is 0 Å². The summed E-state index contributed by atoms with van der Waals surface area (Å²) in [6.07, 6.45) is 3.67. The first-order chi connectivity index (χ1) is 17.6. The lowest BCUT2D eigenvalue weighted by molar-refractivity contribution is -0.660. The molecular weight excluding hydrogens is 446 g/mol. The van der Waals surface area contributed by atoms with Crippen LogP contribution in [0.3, 0.4) is 0 Å². The Balaban J connectivity index is 1.50. The summed E-state index contributed by atoms with van der Waals surface area (Å²) in [5.74, 6) is 0. The number of para-hydroxylation sites is 1. The first-order valence-corrected chi connectivity index (χ1v) is 11.7. The van der Waals surface area contributed by atoms with Gasteiger partial charge in [0.2, 0.25) is 17.1 Å². The zero-order chi connectivity index (χ0) is 24.4. The molecule has 0 radical (unpaired) electrons. The maximum atomic E-state index is 7.51. The highest BCUT2D eigenvalue weighted by Crippen LogP contribution is 2.42. The Morgan fingerprint density at radius 2 is 1.72 bits per heavy atom. The van der Waals surface area contributed by atoms with Crippen molar-refractivity contribution >= 4 is 49.7 Å². The van der Waals surface area contributed by atoms with Crippen LogP contribution in [-0.4, -0.2) is 4.98 Å². The van der Waals surface area contributed by atoms with Crippen LogP contribution in [0, 0.1) is 13.5 Å². The van der Waals surface area contributed by atoms with Crippen molar-refractivity contribution in [2.75, 3.05) is 0 Å². The van der Waals surface area contributed by atoms with Crippen LogP contribution >= 0.6 is 0 Å². The highest BCUT2D eigenvalue weighted by Gasteiger charge is 2.22. The molecule has 0 bridgehead atoms. The molecule has 0 N–H and O–H groups in total. The summed E-state index contributed by atoms with van der Waals surface area (Å²) in [6.45, 7) is 9.63. The molecule has 0 aliphatic carbocycles. The van der Waals surface area contributed by atoms with E-state index in [0.29, 0.717) is 17.0 Å². The maximum absolute atomic E-state index is 7.51. The van der Waals surface area contributed by atoms with Gasteiger partial charge in [-0.3, -0.25) is 0 Å². The molecule has 0 amide bonds. The third kappa shape index (κ3) is 2.82. The Hall–Kier alpha value is -4.95. The van der Waals surface area contributed by atoms with Crippen molar-refractivity contribution in [2.24, 2.45) is 7.05 Å². The van der Waals surface area contributed by atoms with Gasteiger partial charge in [0, 0.05) is 40.1 Å². The molecule has 170 valence electrons. The van der Waals surface area contributed by atoms with Crippen molar-refractivity contribution in [2.45, 2.75) is 6.92 Å². The van der Waals surface area contributed by atoms with Crippen molar-refractivity contribution in [3.63, 3.8) is 0 Å². The fourth-order valence-corrected chi connectivity index (χ4v) is 5.23. The second kappa shape index (κ2) is 7.53. The average molecular weight is 467 g/mol. The SMILES string of the molecule is [C-]#[N+]c1ccnc2oc3cc(-c4cccc5c4oc4c(-c6cccc[n+]6C)c(C)ccc45)ccc3c12. The van der Waals surface area contributed by atoms with Gasteiger partial charge in [0.05, 0.1) is 17.5 Å². The van der Waals surface area contributed by atoms with Crippen molar-refractivity contribution in [3.8, 4) is 22.4 Å². The van der Waals surface area contributed by atoms with E-state index in [1.165, 1.54) is 0 Å². The standard InChI is InChI=1S/C31H20N3O2/c1-18-10-12-22-21-8-6-7-20(29(21)36-30(22)27(18)25-9-4-5-16-34(25)3)19-11-13-23-26(17-19)35-31-28(23)24(32-2)14-15-33-31/h4-17H,1,3H3/q+1. The maximum Gasteiger partial charge on any atom is 0.216 e. The third-order valence-electron chi connectivity index (χ3n) is 6.97. The van der Waals surface area contributed by atoms with Gasteiger partial charge in [-0.2, -0.15) is 0 Å². The molecular formula is C31H20N3O2+. The topological polar surface area (TPSA) is 47.4 Å². The van der Waals surface area contributed by atoms with E-state index < -0.39 is 0 Å². The van der Waals surface area contributed by atoms with Crippen LogP contribution in [-0.2, 0) is 7.05 Å². The van der Waals surface area contributed by atoms with Crippen LogP contribution in [0.25, 0.3) is 71.2 Å². The smallest absolute Gasteiger partial charge is 0.216 e. The molecule has 5 nitrogen and oxygen atoms in total. The van der Waals surface area contributed by atoms with Crippen LogP contribution in [0.1, 0.15) is 5.56 Å². The molecule has 4 aromatic heterocycles. The Labute approximate surface area is 206 Å². The molecule has 0 saturated carbocycles. The fourth-order valence-electron chi connectivity index (χ4n) is 5.23. The number of benzene rings is 3. The number of furan rings is 2. The molecule has 7 rings (SSSR count). The first-order valence-electron chi connectivity index (χ1n) is 11.7. The Kier molecular flexibility index (Phi) is 4.27. The zero-order valence-corrected chi connectivity index (χ0v) is 19.7. The number of nitrogens with zero attached hydrogens (tertiary/aromatic N) is 3. The molecule has 7 aromatic rings. The number of hydrogen-bond donors (Lipinski definition) is 0. The van der Waals surface area contributed by atoms with Crippen molar-refractivity contribution < 1.29 is 13.4 Å². The van der Waals surface area contributed by atoms with Crippen LogP contribution in [0.4, 0.5) is 5.69 Å². The molecule has 4 heterocycles. The summed E-state index contributed by atoms with van der Waals surface area (Å²) in [5.41, 5.74) is 8.80. The summed E-state index contributed by atoms with van der Waals surface area (Å²) < 4.78 is 14.8. The summed E-state index contributed by atoms with van der Waals surface area (Å²) in [7, 11) is 2.05. The lowest BCUT2D eigenvalue weighted by atomic mass is 9.98. The lowest BCUT2D eigenvalue weighted by Crippen LogP contribution is -2.30. The molecule has 5 heteroatoms. The minimum absolute atomic E-state index is 0.480. The highest BCUT2D eigenvalue weighted by atomic mass is 16.3. The number of pyridine rings is 2. The quantitative estimate of drug-likeness (QED) is 0.192. The molecule has 0 atom stereocenters. The van der Waals surface area contributed by atoms with E-state index in [2.05, 4.69) is 83.1 Å². The molecule has 0 aliphatic rings. The zero-order valence-electron chi connectivity index (χ0n) is 19.7. The highest BCUT2D eigenvalue weighted by molar-refractivity contribution is 6.14. The van der Waals surface area contributed by atoms with Crippen LogP contribution < -0.4 is 4.57 Å². The van der Waals surface area contributed by atoms with E-state index in [0.717, 1.165) is 60.7 Å². The Bertz CT molecular complexity index is 2040. The van der Waals surface area contributed by atoms with E-state index in [4.69, 9.17) is 15.4 Å². The monoisotopic (exact) mass is 466 g/mol. The van der Waals surface area contributed by atoms with Gasteiger partial charge in [-0.25, -0.2) is 14.4 Å². The van der Waals surface area contributed by atoms with Crippen molar-refractivity contribution in [1.29, 1.82) is 0 Å². The number of aryl methyl sites for hydroxylation is 2. The van der Waals surface area contributed by atoms with Crippen LogP contribution in [0.15, 0.2) is 94.0 Å². The van der Waals surface area contributed by atoms with Gasteiger partial charge in [0.25, 0.3) is 0 Å². The van der Waals surface area contributed by atoms with Gasteiger partial charge in [-0.05, 0) is 36.2 Å². The predicted molar refractivity (Wildman–Crippen MR) is 142 cm³/mol. The number of hydrogen-bond acceptors (Lipinski definition) is 3. The molecule has 0 fully saturated rings. The van der Waals surface area contributed by atoms with Crippen molar-refractivity contribution in [1.82, 2.24) is 4.98 Å². The first kappa shape index (κ1) is 20.4. The van der Waals surface area contributed by atoms with E-state index in [1.807, 2.05) is 18.2 Å². The molecule has 0 unspecified atom stereocenters. The molecule has 0 saturated heterocycles. The minimum atomic E-state index is 0.480. The van der Waals surface area contributed by atoms with Crippen LogP contribution in [0.5, 0.6) is 0 Å². The third-order valence-corrected chi connectivity index (χ3v) is 6.97. The van der Waals surface area contributed by atoms with Gasteiger partial charge in [0.15, 0.2) is 6.20 Å². The summed E-state index contributed by atoms with van der Waals surface area (Å²) in [4.78, 5) is 7.98. The molecule has 0 aliphatic heterocycles. The fraction of sp³-hybridized carbons (Fsp3) is 0.0645. The van der Waals surface area contributed by atoms with Gasteiger partial charge >= 0.3 is 0 Å².